The quantitative estimate of drug-likeness (QED) is 0.529. The first-order valence-corrected chi connectivity index (χ1v) is 5.54. The molecule has 0 atom stereocenters. The lowest BCUT2D eigenvalue weighted by atomic mass is 10.0. The summed E-state index contributed by atoms with van der Waals surface area (Å²) in [6.45, 7) is 1.80. The first kappa shape index (κ1) is 10.7. The molecule has 0 aliphatic heterocycles. The highest BCUT2D eigenvalue weighted by Gasteiger charge is 2.08. The van der Waals surface area contributed by atoms with Crippen LogP contribution >= 0.6 is 0 Å². The molecule has 0 aliphatic carbocycles. The van der Waals surface area contributed by atoms with E-state index in [2.05, 4.69) is 4.98 Å². The van der Waals surface area contributed by atoms with Crippen molar-refractivity contribution in [3.8, 4) is 11.5 Å². The second kappa shape index (κ2) is 3.50. The van der Waals surface area contributed by atoms with Gasteiger partial charge in [-0.15, -0.1) is 0 Å². The molecular weight excluding hydrogens is 230 g/mol. The summed E-state index contributed by atoms with van der Waals surface area (Å²) < 4.78 is 0. The third-order valence-electron chi connectivity index (χ3n) is 3.12. The number of benzene rings is 2. The van der Waals surface area contributed by atoms with Crippen molar-refractivity contribution in [2.75, 3.05) is 0 Å². The highest BCUT2D eigenvalue weighted by Crippen LogP contribution is 2.28. The number of phenolic OH excluding ortho intramolecular Hbond substituents is 2. The third kappa shape index (κ3) is 1.43. The number of aromatic amines is 1. The smallest absolute Gasteiger partial charge is 0.256 e. The topological polar surface area (TPSA) is 73.3 Å². The standard InChI is InChI=1S/C14H11NO3/c1-7-4-10-9-3-2-8(16)5-11(9)14(18)15-12(10)6-13(7)17/h2-6,16-17H,1H3,(H,15,18). The van der Waals surface area contributed by atoms with E-state index >= 15 is 0 Å². The summed E-state index contributed by atoms with van der Waals surface area (Å²) in [6, 6.07) is 8.05. The molecule has 0 aliphatic rings. The number of H-pyrrole nitrogens is 1. The number of nitrogens with one attached hydrogen (secondary N) is 1. The molecule has 4 heteroatoms. The molecule has 90 valence electrons. The van der Waals surface area contributed by atoms with Crippen LogP contribution in [0.1, 0.15) is 5.56 Å². The van der Waals surface area contributed by atoms with Crippen molar-refractivity contribution in [1.29, 1.82) is 0 Å². The molecule has 0 bridgehead atoms. The van der Waals surface area contributed by atoms with Crippen LogP contribution in [0.25, 0.3) is 21.7 Å². The Hall–Kier alpha value is -2.49. The summed E-state index contributed by atoms with van der Waals surface area (Å²) in [5, 5.41) is 21.1. The van der Waals surface area contributed by atoms with E-state index in [-0.39, 0.29) is 17.1 Å². The summed E-state index contributed by atoms with van der Waals surface area (Å²) >= 11 is 0. The summed E-state index contributed by atoms with van der Waals surface area (Å²) in [7, 11) is 0. The van der Waals surface area contributed by atoms with Crippen molar-refractivity contribution in [2.24, 2.45) is 0 Å². The molecule has 0 saturated heterocycles. The van der Waals surface area contributed by atoms with E-state index in [1.807, 2.05) is 6.07 Å². The Morgan fingerprint density at radius 1 is 1.00 bits per heavy atom. The maximum absolute atomic E-state index is 11.9. The Bertz CT molecular complexity index is 834. The number of aryl methyl sites for hydroxylation is 1. The SMILES string of the molecule is Cc1cc2c(cc1O)[nH]c(=O)c1cc(O)ccc12. The fourth-order valence-electron chi connectivity index (χ4n) is 2.17. The lowest BCUT2D eigenvalue weighted by Gasteiger charge is -2.06. The van der Waals surface area contributed by atoms with Gasteiger partial charge in [0.25, 0.3) is 5.56 Å². The number of rotatable bonds is 0. The van der Waals surface area contributed by atoms with Gasteiger partial charge in [-0.1, -0.05) is 0 Å². The predicted molar refractivity (Wildman–Crippen MR) is 70.1 cm³/mol. The van der Waals surface area contributed by atoms with Crippen LogP contribution in [0.2, 0.25) is 0 Å². The van der Waals surface area contributed by atoms with Gasteiger partial charge >= 0.3 is 0 Å². The third-order valence-corrected chi connectivity index (χ3v) is 3.12. The van der Waals surface area contributed by atoms with Gasteiger partial charge in [0.05, 0.1) is 10.9 Å². The van der Waals surface area contributed by atoms with Crippen LogP contribution in [-0.2, 0) is 0 Å². The van der Waals surface area contributed by atoms with Crippen LogP contribution in [0.3, 0.4) is 0 Å². The minimum Gasteiger partial charge on any atom is -0.508 e. The van der Waals surface area contributed by atoms with Gasteiger partial charge in [-0.05, 0) is 42.1 Å². The molecular formula is C14H11NO3. The van der Waals surface area contributed by atoms with Crippen molar-refractivity contribution in [1.82, 2.24) is 4.98 Å². The van der Waals surface area contributed by atoms with E-state index in [1.54, 1.807) is 25.1 Å². The number of pyridine rings is 1. The van der Waals surface area contributed by atoms with Crippen molar-refractivity contribution in [3.05, 3.63) is 46.2 Å². The highest BCUT2D eigenvalue weighted by molar-refractivity contribution is 6.06. The van der Waals surface area contributed by atoms with Crippen molar-refractivity contribution >= 4 is 21.7 Å². The normalized spacial score (nSPS) is 11.2. The number of fused-ring (bicyclic) bond motifs is 3. The molecule has 3 rings (SSSR count). The number of phenols is 2. The van der Waals surface area contributed by atoms with Crippen molar-refractivity contribution in [2.45, 2.75) is 6.92 Å². The molecule has 0 fully saturated rings. The van der Waals surface area contributed by atoms with Crippen LogP contribution in [0.4, 0.5) is 0 Å². The average Bonchev–Trinajstić information content (AvgIpc) is 2.32. The van der Waals surface area contributed by atoms with Gasteiger partial charge in [-0.3, -0.25) is 4.79 Å². The van der Waals surface area contributed by atoms with Gasteiger partial charge in [-0.2, -0.15) is 0 Å². The average molecular weight is 241 g/mol. The van der Waals surface area contributed by atoms with E-state index < -0.39 is 0 Å². The van der Waals surface area contributed by atoms with E-state index in [9.17, 15) is 15.0 Å². The number of hydrogen-bond donors (Lipinski definition) is 3. The maximum atomic E-state index is 11.9. The van der Waals surface area contributed by atoms with Crippen molar-refractivity contribution in [3.63, 3.8) is 0 Å². The molecule has 0 unspecified atom stereocenters. The summed E-state index contributed by atoms with van der Waals surface area (Å²) in [6.07, 6.45) is 0. The summed E-state index contributed by atoms with van der Waals surface area (Å²) in [4.78, 5) is 14.6. The Kier molecular flexibility index (Phi) is 2.07. The maximum Gasteiger partial charge on any atom is 0.256 e. The molecule has 2 aromatic carbocycles. The Morgan fingerprint density at radius 2 is 1.78 bits per heavy atom. The van der Waals surface area contributed by atoms with Gasteiger partial charge in [0.1, 0.15) is 11.5 Å². The summed E-state index contributed by atoms with van der Waals surface area (Å²) in [5.41, 5.74) is 1.04. The minimum absolute atomic E-state index is 0.0582. The minimum atomic E-state index is -0.281. The molecule has 0 saturated carbocycles. The molecule has 1 heterocycles. The molecule has 3 N–H and O–H groups in total. The van der Waals surface area contributed by atoms with E-state index in [4.69, 9.17) is 0 Å². The van der Waals surface area contributed by atoms with Crippen LogP contribution in [0, 0.1) is 6.92 Å². The summed E-state index contributed by atoms with van der Waals surface area (Å²) in [5.74, 6) is 0.208. The molecule has 0 spiro atoms. The number of hydrogen-bond acceptors (Lipinski definition) is 3. The highest BCUT2D eigenvalue weighted by atomic mass is 16.3. The van der Waals surface area contributed by atoms with Crippen LogP contribution in [-0.4, -0.2) is 15.2 Å². The number of aromatic nitrogens is 1. The molecule has 0 amide bonds. The van der Waals surface area contributed by atoms with Crippen LogP contribution < -0.4 is 5.56 Å². The lowest BCUT2D eigenvalue weighted by molar-refractivity contribution is 0.472. The largest absolute Gasteiger partial charge is 0.508 e. The Labute approximate surface area is 102 Å². The molecule has 3 aromatic rings. The van der Waals surface area contributed by atoms with Gasteiger partial charge in [-0.25, -0.2) is 0 Å². The lowest BCUT2D eigenvalue weighted by Crippen LogP contribution is -2.06. The fourth-order valence-corrected chi connectivity index (χ4v) is 2.17. The Balaban J connectivity index is 2.60. The van der Waals surface area contributed by atoms with Gasteiger partial charge in [0.15, 0.2) is 0 Å². The van der Waals surface area contributed by atoms with E-state index in [0.717, 1.165) is 16.3 Å². The molecule has 4 nitrogen and oxygen atoms in total. The zero-order chi connectivity index (χ0) is 12.9. The molecule has 18 heavy (non-hydrogen) atoms. The van der Waals surface area contributed by atoms with E-state index in [1.165, 1.54) is 6.07 Å². The monoisotopic (exact) mass is 241 g/mol. The predicted octanol–water partition coefficient (Wildman–Crippen LogP) is 2.40. The van der Waals surface area contributed by atoms with Gasteiger partial charge in [0, 0.05) is 11.5 Å². The van der Waals surface area contributed by atoms with Gasteiger partial charge in [0.2, 0.25) is 0 Å². The molecule has 0 radical (unpaired) electrons. The molecule has 1 aromatic heterocycles. The van der Waals surface area contributed by atoms with Crippen LogP contribution in [0.15, 0.2) is 35.1 Å². The number of aromatic hydroxyl groups is 2. The van der Waals surface area contributed by atoms with E-state index in [0.29, 0.717) is 10.9 Å². The first-order valence-electron chi connectivity index (χ1n) is 5.54. The Morgan fingerprint density at radius 3 is 2.56 bits per heavy atom. The second-order valence-corrected chi connectivity index (χ2v) is 4.37. The van der Waals surface area contributed by atoms with Crippen molar-refractivity contribution < 1.29 is 10.2 Å². The van der Waals surface area contributed by atoms with Gasteiger partial charge < -0.3 is 15.2 Å². The zero-order valence-electron chi connectivity index (χ0n) is 9.69. The zero-order valence-corrected chi connectivity index (χ0v) is 9.69. The first-order chi connectivity index (χ1) is 8.56. The fraction of sp³-hybridized carbons (Fsp3) is 0.0714. The van der Waals surface area contributed by atoms with Crippen LogP contribution in [0.5, 0.6) is 11.5 Å². The second-order valence-electron chi connectivity index (χ2n) is 4.37.